The predicted octanol–water partition coefficient (Wildman–Crippen LogP) is 2.65. The molecule has 1 aliphatic heterocycles. The second kappa shape index (κ2) is 5.48. The van der Waals surface area contributed by atoms with Gasteiger partial charge in [-0.3, -0.25) is 0 Å². The molecule has 0 saturated heterocycles. The lowest BCUT2D eigenvalue weighted by Gasteiger charge is -2.20. The average Bonchev–Trinajstić information content (AvgIpc) is 2.81. The molecule has 0 aromatic heterocycles. The maximum atomic E-state index is 9.91. The highest BCUT2D eigenvalue weighted by Crippen LogP contribution is 2.37. The number of nitrogens with one attached hydrogen (secondary N) is 1. The van der Waals surface area contributed by atoms with Crippen molar-refractivity contribution in [2.24, 2.45) is 5.92 Å². The van der Waals surface area contributed by atoms with Gasteiger partial charge in [-0.1, -0.05) is 20.3 Å². The Hall–Kier alpha value is -1.42. The summed E-state index contributed by atoms with van der Waals surface area (Å²) in [6.07, 6.45) is 1.14. The fraction of sp³-hybridized carbons (Fsp3) is 0.571. The van der Waals surface area contributed by atoms with Crippen LogP contribution in [-0.4, -0.2) is 17.9 Å². The Bertz CT molecular complexity index is 420. The molecule has 2 N–H and O–H groups in total. The van der Waals surface area contributed by atoms with E-state index in [9.17, 15) is 5.11 Å². The SMILES string of the molecule is CCC(C)C(C)NCc1cc2c(cc1O)OCO2. The third-order valence-corrected chi connectivity index (χ3v) is 3.69. The summed E-state index contributed by atoms with van der Waals surface area (Å²) in [4.78, 5) is 0. The van der Waals surface area contributed by atoms with Gasteiger partial charge in [-0.2, -0.15) is 0 Å². The van der Waals surface area contributed by atoms with E-state index in [0.29, 0.717) is 30.0 Å². The van der Waals surface area contributed by atoms with Crippen LogP contribution in [0.5, 0.6) is 17.2 Å². The maximum absolute atomic E-state index is 9.91. The van der Waals surface area contributed by atoms with E-state index in [1.165, 1.54) is 0 Å². The van der Waals surface area contributed by atoms with Crippen LogP contribution in [0, 0.1) is 5.92 Å². The summed E-state index contributed by atoms with van der Waals surface area (Å²) < 4.78 is 10.5. The molecule has 0 aliphatic carbocycles. The van der Waals surface area contributed by atoms with Gasteiger partial charge in [0.2, 0.25) is 6.79 Å². The van der Waals surface area contributed by atoms with Crippen molar-refractivity contribution in [1.82, 2.24) is 5.32 Å². The number of phenols is 1. The summed E-state index contributed by atoms with van der Waals surface area (Å²) in [6.45, 7) is 7.43. The van der Waals surface area contributed by atoms with Gasteiger partial charge in [-0.05, 0) is 18.9 Å². The Morgan fingerprint density at radius 1 is 1.28 bits per heavy atom. The highest BCUT2D eigenvalue weighted by Gasteiger charge is 2.17. The van der Waals surface area contributed by atoms with E-state index in [1.807, 2.05) is 6.07 Å². The third kappa shape index (κ3) is 2.70. The van der Waals surface area contributed by atoms with Crippen LogP contribution in [0.1, 0.15) is 32.8 Å². The van der Waals surface area contributed by atoms with Crippen LogP contribution in [0.25, 0.3) is 0 Å². The summed E-state index contributed by atoms with van der Waals surface area (Å²) >= 11 is 0. The normalized spacial score (nSPS) is 16.6. The topological polar surface area (TPSA) is 50.7 Å². The van der Waals surface area contributed by atoms with Crippen molar-refractivity contribution in [3.63, 3.8) is 0 Å². The lowest BCUT2D eigenvalue weighted by Crippen LogP contribution is -2.31. The van der Waals surface area contributed by atoms with Gasteiger partial charge in [0.15, 0.2) is 11.5 Å². The number of benzene rings is 1. The molecule has 0 bridgehead atoms. The van der Waals surface area contributed by atoms with Gasteiger partial charge in [-0.15, -0.1) is 0 Å². The van der Waals surface area contributed by atoms with E-state index in [-0.39, 0.29) is 12.5 Å². The van der Waals surface area contributed by atoms with E-state index < -0.39 is 0 Å². The molecule has 0 radical (unpaired) electrons. The van der Waals surface area contributed by atoms with Gasteiger partial charge in [0.25, 0.3) is 0 Å². The Morgan fingerprint density at radius 2 is 1.94 bits per heavy atom. The monoisotopic (exact) mass is 251 g/mol. The molecule has 1 aliphatic rings. The van der Waals surface area contributed by atoms with Gasteiger partial charge >= 0.3 is 0 Å². The lowest BCUT2D eigenvalue weighted by atomic mass is 10.0. The number of hydrogen-bond acceptors (Lipinski definition) is 4. The zero-order chi connectivity index (χ0) is 13.1. The number of phenolic OH excluding ortho intramolecular Hbond substituents is 1. The average molecular weight is 251 g/mol. The molecule has 18 heavy (non-hydrogen) atoms. The molecule has 1 heterocycles. The first-order valence-corrected chi connectivity index (χ1v) is 6.46. The number of hydrogen-bond donors (Lipinski definition) is 2. The van der Waals surface area contributed by atoms with Crippen LogP contribution in [0.2, 0.25) is 0 Å². The van der Waals surface area contributed by atoms with Gasteiger partial charge in [0.1, 0.15) is 5.75 Å². The van der Waals surface area contributed by atoms with Crippen molar-refractivity contribution < 1.29 is 14.6 Å². The Labute approximate surface area is 108 Å². The van der Waals surface area contributed by atoms with Crippen LogP contribution in [0.15, 0.2) is 12.1 Å². The molecule has 2 atom stereocenters. The zero-order valence-electron chi connectivity index (χ0n) is 11.2. The second-order valence-corrected chi connectivity index (χ2v) is 4.89. The molecule has 100 valence electrons. The van der Waals surface area contributed by atoms with Gasteiger partial charge in [0.05, 0.1) is 0 Å². The van der Waals surface area contributed by atoms with E-state index >= 15 is 0 Å². The van der Waals surface area contributed by atoms with E-state index in [2.05, 4.69) is 26.1 Å². The standard InChI is InChI=1S/C14H21NO3/c1-4-9(2)10(3)15-7-11-5-13-14(6-12(11)16)18-8-17-13/h5-6,9-10,15-16H,4,7-8H2,1-3H3. The van der Waals surface area contributed by atoms with Crippen molar-refractivity contribution in [1.29, 1.82) is 0 Å². The second-order valence-electron chi connectivity index (χ2n) is 4.89. The van der Waals surface area contributed by atoms with Crippen molar-refractivity contribution in [3.05, 3.63) is 17.7 Å². The van der Waals surface area contributed by atoms with Crippen LogP contribution >= 0.6 is 0 Å². The quantitative estimate of drug-likeness (QED) is 0.844. The molecule has 4 nitrogen and oxygen atoms in total. The smallest absolute Gasteiger partial charge is 0.231 e. The molecular formula is C14H21NO3. The number of aromatic hydroxyl groups is 1. The fourth-order valence-electron chi connectivity index (χ4n) is 1.94. The van der Waals surface area contributed by atoms with Crippen LogP contribution in [-0.2, 0) is 6.54 Å². The molecule has 2 unspecified atom stereocenters. The Morgan fingerprint density at radius 3 is 2.61 bits per heavy atom. The summed E-state index contributed by atoms with van der Waals surface area (Å²) in [5.41, 5.74) is 0.842. The lowest BCUT2D eigenvalue weighted by molar-refractivity contribution is 0.174. The molecule has 0 amide bonds. The molecule has 0 spiro atoms. The third-order valence-electron chi connectivity index (χ3n) is 3.69. The van der Waals surface area contributed by atoms with Crippen molar-refractivity contribution >= 4 is 0 Å². The first-order chi connectivity index (χ1) is 8.61. The van der Waals surface area contributed by atoms with Gasteiger partial charge in [-0.25, -0.2) is 0 Å². The molecule has 4 heteroatoms. The maximum Gasteiger partial charge on any atom is 0.231 e. The summed E-state index contributed by atoms with van der Waals surface area (Å²) in [7, 11) is 0. The Kier molecular flexibility index (Phi) is 3.97. The molecule has 0 saturated carbocycles. The Balaban J connectivity index is 2.01. The van der Waals surface area contributed by atoms with Crippen molar-refractivity contribution in [2.45, 2.75) is 39.8 Å². The largest absolute Gasteiger partial charge is 0.507 e. The summed E-state index contributed by atoms with van der Waals surface area (Å²) in [6, 6.07) is 3.88. The summed E-state index contributed by atoms with van der Waals surface area (Å²) in [5, 5.41) is 13.3. The van der Waals surface area contributed by atoms with Gasteiger partial charge < -0.3 is 19.9 Å². The minimum Gasteiger partial charge on any atom is -0.507 e. The molecule has 1 aromatic rings. The van der Waals surface area contributed by atoms with E-state index in [0.717, 1.165) is 12.0 Å². The first-order valence-electron chi connectivity index (χ1n) is 6.46. The first kappa shape index (κ1) is 13.0. The molecule has 1 aromatic carbocycles. The minimum atomic E-state index is 0.231. The molecular weight excluding hydrogens is 230 g/mol. The van der Waals surface area contributed by atoms with E-state index in [1.54, 1.807) is 6.07 Å². The highest BCUT2D eigenvalue weighted by atomic mass is 16.7. The number of rotatable bonds is 5. The zero-order valence-corrected chi connectivity index (χ0v) is 11.2. The van der Waals surface area contributed by atoms with E-state index in [4.69, 9.17) is 9.47 Å². The summed E-state index contributed by atoms with van der Waals surface area (Å²) in [5.74, 6) is 2.19. The number of fused-ring (bicyclic) bond motifs is 1. The van der Waals surface area contributed by atoms with Crippen LogP contribution in [0.3, 0.4) is 0 Å². The van der Waals surface area contributed by atoms with Crippen molar-refractivity contribution in [2.75, 3.05) is 6.79 Å². The number of ether oxygens (including phenoxy) is 2. The highest BCUT2D eigenvalue weighted by molar-refractivity contribution is 5.51. The van der Waals surface area contributed by atoms with Crippen LogP contribution in [0.4, 0.5) is 0 Å². The molecule has 2 rings (SSSR count). The fourth-order valence-corrected chi connectivity index (χ4v) is 1.94. The van der Waals surface area contributed by atoms with Gasteiger partial charge in [0, 0.05) is 24.2 Å². The van der Waals surface area contributed by atoms with Crippen LogP contribution < -0.4 is 14.8 Å². The predicted molar refractivity (Wildman–Crippen MR) is 70.0 cm³/mol. The molecule has 0 fully saturated rings. The van der Waals surface area contributed by atoms with Crippen molar-refractivity contribution in [3.8, 4) is 17.2 Å². The minimum absolute atomic E-state index is 0.231.